The summed E-state index contributed by atoms with van der Waals surface area (Å²) in [6.45, 7) is 4.80. The highest BCUT2D eigenvalue weighted by Crippen LogP contribution is 2.68. The second-order valence-corrected chi connectivity index (χ2v) is 18.5. The topological polar surface area (TPSA) is 3.24 Å². The molecule has 1 nitrogen and oxygen atoms in total. The van der Waals surface area contributed by atoms with Crippen LogP contribution >= 0.6 is 0 Å². The zero-order valence-electron chi connectivity index (χ0n) is 33.1. The van der Waals surface area contributed by atoms with Crippen LogP contribution < -0.4 is 4.90 Å². The van der Waals surface area contributed by atoms with E-state index in [2.05, 4.69) is 183 Å². The summed E-state index contributed by atoms with van der Waals surface area (Å²) in [7, 11) is 0. The van der Waals surface area contributed by atoms with Gasteiger partial charge in [0.15, 0.2) is 0 Å². The van der Waals surface area contributed by atoms with Crippen LogP contribution in [0.1, 0.15) is 74.6 Å². The average Bonchev–Trinajstić information content (AvgIpc) is 3.56. The van der Waals surface area contributed by atoms with Gasteiger partial charge in [0.2, 0.25) is 0 Å². The molecule has 6 aliphatic rings. The summed E-state index contributed by atoms with van der Waals surface area (Å²) in [5.74, 6) is 3.25. The van der Waals surface area contributed by atoms with Crippen LogP contribution in [-0.4, -0.2) is 0 Å². The number of nitrogens with zero attached hydrogens (tertiary/aromatic N) is 1. The van der Waals surface area contributed by atoms with Crippen molar-refractivity contribution >= 4 is 17.1 Å². The SMILES string of the molecule is CC1(C)c2ccccc2-c2ccc(N(c3ccc(-c4ccc(-c5ccccc5)cc4)cc3)c3ccc4c(c3)C3(c5ccccc5-4)C4CCC5CC(C4)CC3C5)cc21. The largest absolute Gasteiger partial charge is 0.310 e. The molecule has 0 amide bonds. The lowest BCUT2D eigenvalue weighted by Crippen LogP contribution is -2.48. The molecule has 0 aliphatic heterocycles. The van der Waals surface area contributed by atoms with Crippen molar-refractivity contribution in [3.8, 4) is 44.5 Å². The third kappa shape index (κ3) is 4.87. The van der Waals surface area contributed by atoms with Gasteiger partial charge in [0.1, 0.15) is 0 Å². The van der Waals surface area contributed by atoms with Crippen LogP contribution in [0, 0.1) is 23.7 Å². The summed E-state index contributed by atoms with van der Waals surface area (Å²) in [5, 5.41) is 0. The molecule has 5 unspecified atom stereocenters. The monoisotopic (exact) mass is 735 g/mol. The van der Waals surface area contributed by atoms with Crippen molar-refractivity contribution in [2.45, 2.75) is 63.2 Å². The molecule has 4 saturated carbocycles. The van der Waals surface area contributed by atoms with Gasteiger partial charge in [-0.15, -0.1) is 0 Å². The summed E-state index contributed by atoms with van der Waals surface area (Å²) in [6, 6.07) is 62.4. The highest BCUT2D eigenvalue weighted by molar-refractivity contribution is 5.89. The molecule has 7 aromatic carbocycles. The number of benzene rings is 7. The highest BCUT2D eigenvalue weighted by atomic mass is 15.1. The summed E-state index contributed by atoms with van der Waals surface area (Å²) >= 11 is 0. The first-order chi connectivity index (χ1) is 28.0. The maximum atomic E-state index is 2.65. The molecule has 4 bridgehead atoms. The fourth-order valence-corrected chi connectivity index (χ4v) is 13.0. The molecule has 0 aromatic heterocycles. The minimum atomic E-state index is -0.0777. The fourth-order valence-electron chi connectivity index (χ4n) is 13.0. The molecule has 6 aliphatic carbocycles. The first-order valence-electron chi connectivity index (χ1n) is 21.5. The van der Waals surface area contributed by atoms with Gasteiger partial charge < -0.3 is 4.90 Å². The Kier molecular flexibility index (Phi) is 7.29. The number of hydrogen-bond acceptors (Lipinski definition) is 1. The van der Waals surface area contributed by atoms with Crippen LogP contribution in [0.3, 0.4) is 0 Å². The fraction of sp³-hybridized carbons (Fsp3) is 0.250. The Balaban J connectivity index is 1.01. The van der Waals surface area contributed by atoms with E-state index < -0.39 is 0 Å². The van der Waals surface area contributed by atoms with E-state index in [0.717, 1.165) is 17.8 Å². The lowest BCUT2D eigenvalue weighted by Gasteiger charge is -2.53. The zero-order valence-corrected chi connectivity index (χ0v) is 33.1. The Morgan fingerprint density at radius 3 is 1.58 bits per heavy atom. The van der Waals surface area contributed by atoms with Crippen molar-refractivity contribution in [1.29, 1.82) is 0 Å². The number of anilines is 3. The van der Waals surface area contributed by atoms with E-state index in [4.69, 9.17) is 0 Å². The van der Waals surface area contributed by atoms with Gasteiger partial charge in [-0.05, 0) is 159 Å². The molecular formula is C56H49N. The highest BCUT2D eigenvalue weighted by Gasteiger charge is 2.59. The molecule has 0 radical (unpaired) electrons. The Bertz CT molecular complexity index is 2670. The number of hydrogen-bond donors (Lipinski definition) is 0. The van der Waals surface area contributed by atoms with Gasteiger partial charge in [0, 0.05) is 27.9 Å². The van der Waals surface area contributed by atoms with Crippen LogP contribution in [0.4, 0.5) is 17.1 Å². The van der Waals surface area contributed by atoms with Gasteiger partial charge in [-0.25, -0.2) is 0 Å². The van der Waals surface area contributed by atoms with E-state index in [1.165, 1.54) is 111 Å². The minimum absolute atomic E-state index is 0.0777. The standard InChI is InChI=1S/C56H49N/c1-55(2)51-14-8-6-12-47(51)49-28-26-45(34-53(49)55)57(44-24-21-41(22-25-44)40-19-17-39(18-20-40)38-10-4-3-5-11-38)46-27-29-50-48-13-7-9-15-52(48)56(54(50)35-46)42-23-16-36-30-37(32-42)33-43(56)31-36/h3-15,17-22,24-29,34-37,42-43H,16,23,30-33H2,1-2H3. The van der Waals surface area contributed by atoms with Gasteiger partial charge in [0.05, 0.1) is 0 Å². The van der Waals surface area contributed by atoms with Crippen molar-refractivity contribution in [3.63, 3.8) is 0 Å². The molecule has 0 saturated heterocycles. The third-order valence-corrected chi connectivity index (χ3v) is 15.4. The summed E-state index contributed by atoms with van der Waals surface area (Å²) in [5.41, 5.74) is 20.4. The third-order valence-electron chi connectivity index (χ3n) is 15.4. The summed E-state index contributed by atoms with van der Waals surface area (Å²) in [4.78, 5) is 2.56. The van der Waals surface area contributed by atoms with Gasteiger partial charge >= 0.3 is 0 Å². The van der Waals surface area contributed by atoms with Crippen LogP contribution in [0.2, 0.25) is 0 Å². The van der Waals surface area contributed by atoms with Gasteiger partial charge in [-0.2, -0.15) is 0 Å². The lowest BCUT2D eigenvalue weighted by molar-refractivity contribution is 0.0618. The molecule has 278 valence electrons. The van der Waals surface area contributed by atoms with Crippen LogP contribution in [0.5, 0.6) is 0 Å². The maximum absolute atomic E-state index is 2.65. The van der Waals surface area contributed by atoms with Crippen molar-refractivity contribution in [2.75, 3.05) is 4.90 Å². The van der Waals surface area contributed by atoms with E-state index in [-0.39, 0.29) is 10.8 Å². The van der Waals surface area contributed by atoms with Gasteiger partial charge in [0.25, 0.3) is 0 Å². The Hall–Kier alpha value is -5.66. The van der Waals surface area contributed by atoms with Crippen molar-refractivity contribution in [2.24, 2.45) is 23.7 Å². The van der Waals surface area contributed by atoms with Crippen LogP contribution in [0.15, 0.2) is 164 Å². The first kappa shape index (κ1) is 33.5. The second kappa shape index (κ2) is 12.4. The Morgan fingerprint density at radius 2 is 0.877 bits per heavy atom. The molecule has 0 N–H and O–H groups in total. The molecule has 13 rings (SSSR count). The second-order valence-electron chi connectivity index (χ2n) is 18.5. The quantitative estimate of drug-likeness (QED) is 0.170. The average molecular weight is 736 g/mol. The molecule has 1 heteroatoms. The smallest absolute Gasteiger partial charge is 0.0465 e. The molecule has 5 atom stereocenters. The Morgan fingerprint density at radius 1 is 0.386 bits per heavy atom. The van der Waals surface area contributed by atoms with Crippen LogP contribution in [-0.2, 0) is 10.8 Å². The van der Waals surface area contributed by atoms with Gasteiger partial charge in [-0.1, -0.05) is 148 Å². The van der Waals surface area contributed by atoms with Crippen molar-refractivity contribution in [1.82, 2.24) is 0 Å². The van der Waals surface area contributed by atoms with E-state index in [9.17, 15) is 0 Å². The maximum Gasteiger partial charge on any atom is 0.0465 e. The molecular weight excluding hydrogens is 687 g/mol. The summed E-state index contributed by atoms with van der Waals surface area (Å²) in [6.07, 6.45) is 8.43. The summed E-state index contributed by atoms with van der Waals surface area (Å²) < 4.78 is 0. The van der Waals surface area contributed by atoms with E-state index in [1.54, 1.807) is 11.1 Å². The number of rotatable bonds is 5. The van der Waals surface area contributed by atoms with E-state index >= 15 is 0 Å². The predicted molar refractivity (Wildman–Crippen MR) is 237 cm³/mol. The lowest BCUT2D eigenvalue weighted by atomic mass is 9.51. The molecule has 0 heterocycles. The van der Waals surface area contributed by atoms with Crippen LogP contribution in [0.25, 0.3) is 44.5 Å². The van der Waals surface area contributed by atoms with Gasteiger partial charge in [-0.3, -0.25) is 0 Å². The normalized spacial score (nSPS) is 24.1. The van der Waals surface area contributed by atoms with Crippen molar-refractivity contribution < 1.29 is 0 Å². The van der Waals surface area contributed by atoms with E-state index in [0.29, 0.717) is 5.92 Å². The van der Waals surface area contributed by atoms with E-state index in [1.807, 2.05) is 0 Å². The molecule has 7 aromatic rings. The molecule has 1 spiro atoms. The minimum Gasteiger partial charge on any atom is -0.310 e. The predicted octanol–water partition coefficient (Wildman–Crippen LogP) is 14.9. The first-order valence-corrected chi connectivity index (χ1v) is 21.5. The van der Waals surface area contributed by atoms with Crippen molar-refractivity contribution in [3.05, 3.63) is 186 Å². The Labute approximate surface area is 338 Å². The number of fused-ring (bicyclic) bond motifs is 7. The molecule has 4 fully saturated rings. The zero-order chi connectivity index (χ0) is 37.9. The molecule has 57 heavy (non-hydrogen) atoms.